The molecule has 7 nitrogen and oxygen atoms in total. The number of guanidine groups is 1. The van der Waals surface area contributed by atoms with Crippen LogP contribution in [0.25, 0.3) is 0 Å². The molecule has 164 valence electrons. The smallest absolute Gasteiger partial charge is 0.231 e. The number of fused-ring (bicyclic) bond motifs is 2. The standard InChI is InChI=1S/C24H30N4O3/c1-25-24(26-15-19-8-13-29-21-5-3-2-4-20(19)21)28-11-9-27(10-12-28)16-18-6-7-22-23(14-18)31-17-30-22/h2-7,14,19H,8-13,15-17H2,1H3,(H,25,26). The molecule has 3 aliphatic heterocycles. The maximum atomic E-state index is 5.80. The topological polar surface area (TPSA) is 58.6 Å². The predicted octanol–water partition coefficient (Wildman–Crippen LogP) is 2.67. The summed E-state index contributed by atoms with van der Waals surface area (Å²) >= 11 is 0. The Kier molecular flexibility index (Phi) is 5.84. The molecule has 3 aliphatic rings. The van der Waals surface area contributed by atoms with Gasteiger partial charge in [0.15, 0.2) is 17.5 Å². The highest BCUT2D eigenvalue weighted by atomic mass is 16.7. The van der Waals surface area contributed by atoms with Crippen LogP contribution in [0, 0.1) is 0 Å². The molecule has 5 rings (SSSR count). The minimum atomic E-state index is 0.322. The molecule has 1 fully saturated rings. The van der Waals surface area contributed by atoms with Gasteiger partial charge in [-0.1, -0.05) is 24.3 Å². The van der Waals surface area contributed by atoms with Gasteiger partial charge >= 0.3 is 0 Å². The van der Waals surface area contributed by atoms with Gasteiger partial charge in [-0.25, -0.2) is 0 Å². The summed E-state index contributed by atoms with van der Waals surface area (Å²) in [6.07, 6.45) is 1.03. The summed E-state index contributed by atoms with van der Waals surface area (Å²) in [6, 6.07) is 14.6. The summed E-state index contributed by atoms with van der Waals surface area (Å²) in [5.74, 6) is 4.17. The molecule has 0 bridgehead atoms. The highest BCUT2D eigenvalue weighted by Gasteiger charge is 2.24. The largest absolute Gasteiger partial charge is 0.493 e. The first-order chi connectivity index (χ1) is 15.3. The summed E-state index contributed by atoms with van der Waals surface area (Å²) in [6.45, 7) is 6.86. The molecule has 2 aromatic rings. The molecule has 1 saturated heterocycles. The lowest BCUT2D eigenvalue weighted by Crippen LogP contribution is -2.52. The Bertz CT molecular complexity index is 940. The number of hydrogen-bond acceptors (Lipinski definition) is 5. The van der Waals surface area contributed by atoms with Crippen molar-refractivity contribution in [2.24, 2.45) is 4.99 Å². The van der Waals surface area contributed by atoms with Crippen LogP contribution in [0.5, 0.6) is 17.2 Å². The number of nitrogens with one attached hydrogen (secondary N) is 1. The third-order valence-electron chi connectivity index (χ3n) is 6.32. The van der Waals surface area contributed by atoms with E-state index in [-0.39, 0.29) is 0 Å². The third kappa shape index (κ3) is 4.42. The van der Waals surface area contributed by atoms with Gasteiger partial charge in [-0.3, -0.25) is 9.89 Å². The number of piperazine rings is 1. The molecule has 0 aromatic heterocycles. The molecular weight excluding hydrogens is 392 g/mol. The summed E-state index contributed by atoms with van der Waals surface area (Å²) in [5.41, 5.74) is 2.56. The average molecular weight is 423 g/mol. The van der Waals surface area contributed by atoms with Crippen molar-refractivity contribution in [3.05, 3.63) is 53.6 Å². The van der Waals surface area contributed by atoms with Crippen molar-refractivity contribution in [1.82, 2.24) is 15.1 Å². The van der Waals surface area contributed by atoms with E-state index in [1.54, 1.807) is 0 Å². The SMILES string of the molecule is CN=C(NCC1CCOc2ccccc21)N1CCN(Cc2ccc3c(c2)OCO3)CC1. The molecule has 2 aromatic carbocycles. The molecule has 3 heterocycles. The van der Waals surface area contributed by atoms with Gasteiger partial charge in [0.1, 0.15) is 5.75 Å². The highest BCUT2D eigenvalue weighted by Crippen LogP contribution is 2.33. The number of ether oxygens (including phenoxy) is 3. The van der Waals surface area contributed by atoms with Gasteiger partial charge in [0, 0.05) is 52.2 Å². The second kappa shape index (κ2) is 9.06. The normalized spacial score (nSPS) is 20.9. The van der Waals surface area contributed by atoms with Crippen molar-refractivity contribution >= 4 is 5.96 Å². The van der Waals surface area contributed by atoms with E-state index in [4.69, 9.17) is 14.2 Å². The lowest BCUT2D eigenvalue weighted by Gasteiger charge is -2.37. The van der Waals surface area contributed by atoms with Gasteiger partial charge in [0.05, 0.1) is 6.61 Å². The van der Waals surface area contributed by atoms with E-state index >= 15 is 0 Å². The van der Waals surface area contributed by atoms with E-state index in [1.165, 1.54) is 11.1 Å². The first-order valence-electron chi connectivity index (χ1n) is 11.1. The van der Waals surface area contributed by atoms with E-state index in [9.17, 15) is 0 Å². The van der Waals surface area contributed by atoms with E-state index in [0.29, 0.717) is 12.7 Å². The molecule has 0 amide bonds. The minimum absolute atomic E-state index is 0.322. The summed E-state index contributed by atoms with van der Waals surface area (Å²) in [7, 11) is 1.87. The van der Waals surface area contributed by atoms with Gasteiger partial charge in [-0.05, 0) is 35.7 Å². The van der Waals surface area contributed by atoms with E-state index in [1.807, 2.05) is 19.2 Å². The maximum absolute atomic E-state index is 5.80. The van der Waals surface area contributed by atoms with E-state index in [0.717, 1.165) is 75.5 Å². The van der Waals surface area contributed by atoms with Gasteiger partial charge < -0.3 is 24.4 Å². The molecular formula is C24H30N4O3. The summed E-state index contributed by atoms with van der Waals surface area (Å²) in [5, 5.41) is 3.61. The molecule has 31 heavy (non-hydrogen) atoms. The van der Waals surface area contributed by atoms with Crippen molar-refractivity contribution in [3.63, 3.8) is 0 Å². The van der Waals surface area contributed by atoms with Crippen LogP contribution >= 0.6 is 0 Å². The molecule has 1 unspecified atom stereocenters. The Balaban J connectivity index is 1.13. The fraction of sp³-hybridized carbons (Fsp3) is 0.458. The first kappa shape index (κ1) is 20.0. The zero-order valence-electron chi connectivity index (χ0n) is 18.0. The Morgan fingerprint density at radius 1 is 1.00 bits per heavy atom. The molecule has 0 radical (unpaired) electrons. The monoisotopic (exact) mass is 422 g/mol. The number of hydrogen-bond donors (Lipinski definition) is 1. The average Bonchev–Trinajstić information content (AvgIpc) is 3.28. The molecule has 0 saturated carbocycles. The van der Waals surface area contributed by atoms with Gasteiger partial charge in [-0.2, -0.15) is 0 Å². The Hall–Kier alpha value is -2.93. The Morgan fingerprint density at radius 2 is 1.84 bits per heavy atom. The fourth-order valence-corrected chi connectivity index (χ4v) is 4.59. The van der Waals surface area contributed by atoms with Crippen LogP contribution in [0.15, 0.2) is 47.5 Å². The van der Waals surface area contributed by atoms with Crippen molar-refractivity contribution < 1.29 is 14.2 Å². The second-order valence-corrected chi connectivity index (χ2v) is 8.25. The number of rotatable bonds is 4. The van der Waals surface area contributed by atoms with E-state index in [2.05, 4.69) is 50.4 Å². The van der Waals surface area contributed by atoms with Crippen LogP contribution in [-0.2, 0) is 6.54 Å². The predicted molar refractivity (Wildman–Crippen MR) is 120 cm³/mol. The highest BCUT2D eigenvalue weighted by molar-refractivity contribution is 5.80. The maximum Gasteiger partial charge on any atom is 0.231 e. The molecule has 1 atom stereocenters. The lowest BCUT2D eigenvalue weighted by molar-refractivity contribution is 0.170. The Labute approximate surface area is 183 Å². The molecule has 1 N–H and O–H groups in total. The summed E-state index contributed by atoms with van der Waals surface area (Å²) in [4.78, 5) is 9.40. The van der Waals surface area contributed by atoms with E-state index < -0.39 is 0 Å². The molecule has 0 aliphatic carbocycles. The van der Waals surface area contributed by atoms with Gasteiger partial charge in [-0.15, -0.1) is 0 Å². The van der Waals surface area contributed by atoms with Crippen molar-refractivity contribution in [2.45, 2.75) is 18.9 Å². The van der Waals surface area contributed by atoms with Crippen LogP contribution in [0.3, 0.4) is 0 Å². The first-order valence-corrected chi connectivity index (χ1v) is 11.1. The summed E-state index contributed by atoms with van der Waals surface area (Å²) < 4.78 is 16.7. The minimum Gasteiger partial charge on any atom is -0.493 e. The van der Waals surface area contributed by atoms with Crippen LogP contribution < -0.4 is 19.5 Å². The molecule has 7 heteroatoms. The van der Waals surface area contributed by atoms with Crippen molar-refractivity contribution in [1.29, 1.82) is 0 Å². The zero-order chi connectivity index (χ0) is 21.0. The van der Waals surface area contributed by atoms with Crippen LogP contribution in [-0.4, -0.2) is 68.9 Å². The second-order valence-electron chi connectivity index (χ2n) is 8.25. The van der Waals surface area contributed by atoms with Crippen molar-refractivity contribution in [3.8, 4) is 17.2 Å². The Morgan fingerprint density at radius 3 is 2.71 bits per heavy atom. The number of aliphatic imine (C=N–C) groups is 1. The quantitative estimate of drug-likeness (QED) is 0.604. The molecule has 0 spiro atoms. The van der Waals surface area contributed by atoms with Crippen LogP contribution in [0.1, 0.15) is 23.5 Å². The lowest BCUT2D eigenvalue weighted by atomic mass is 9.93. The number of benzene rings is 2. The van der Waals surface area contributed by atoms with Crippen molar-refractivity contribution in [2.75, 3.05) is 53.2 Å². The number of para-hydroxylation sites is 1. The number of nitrogens with zero attached hydrogens (tertiary/aromatic N) is 3. The van der Waals surface area contributed by atoms with Gasteiger partial charge in [0.25, 0.3) is 0 Å². The zero-order valence-corrected chi connectivity index (χ0v) is 18.0. The van der Waals surface area contributed by atoms with Crippen LogP contribution in [0.4, 0.5) is 0 Å². The van der Waals surface area contributed by atoms with Gasteiger partial charge in [0.2, 0.25) is 6.79 Å². The third-order valence-corrected chi connectivity index (χ3v) is 6.32. The fourth-order valence-electron chi connectivity index (χ4n) is 4.59. The van der Waals surface area contributed by atoms with Crippen LogP contribution in [0.2, 0.25) is 0 Å².